The van der Waals surface area contributed by atoms with Crippen molar-refractivity contribution in [3.63, 3.8) is 0 Å². The highest BCUT2D eigenvalue weighted by molar-refractivity contribution is 5.31. The smallest absolute Gasteiger partial charge is 0.123 e. The third-order valence-corrected chi connectivity index (χ3v) is 6.58. The predicted molar refractivity (Wildman–Crippen MR) is 79.0 cm³/mol. The van der Waals surface area contributed by atoms with E-state index in [0.29, 0.717) is 12.3 Å². The second-order valence-corrected chi connectivity index (χ2v) is 7.83. The van der Waals surface area contributed by atoms with Gasteiger partial charge in [-0.15, -0.1) is 0 Å². The summed E-state index contributed by atoms with van der Waals surface area (Å²) in [5.41, 5.74) is 1.16. The third-order valence-electron chi connectivity index (χ3n) is 6.58. The van der Waals surface area contributed by atoms with Crippen molar-refractivity contribution in [2.45, 2.75) is 59.0 Å². The van der Waals surface area contributed by atoms with Crippen LogP contribution < -0.4 is 0 Å². The number of aliphatic hydroxyl groups is 1. The molecule has 3 rings (SSSR count). The normalized spacial score (nSPS) is 38.4. The van der Waals surface area contributed by atoms with Crippen LogP contribution in [0.2, 0.25) is 0 Å². The van der Waals surface area contributed by atoms with Crippen molar-refractivity contribution in [1.82, 2.24) is 0 Å². The molecule has 110 valence electrons. The van der Waals surface area contributed by atoms with E-state index in [2.05, 4.69) is 20.8 Å². The zero-order valence-corrected chi connectivity index (χ0v) is 13.0. The SMILES string of the molecule is Cc1ccc(F)cc1CC1(O)C2(C)CCC(C2)C1(C)C. The molecule has 2 aliphatic carbocycles. The molecule has 0 radical (unpaired) electrons. The van der Waals surface area contributed by atoms with Gasteiger partial charge in [-0.3, -0.25) is 0 Å². The molecule has 1 aromatic rings. The summed E-state index contributed by atoms with van der Waals surface area (Å²) in [4.78, 5) is 0. The Balaban J connectivity index is 2.02. The molecule has 2 aliphatic rings. The lowest BCUT2D eigenvalue weighted by atomic mass is 9.58. The highest BCUT2D eigenvalue weighted by Crippen LogP contribution is 2.68. The fourth-order valence-electron chi connectivity index (χ4n) is 4.90. The van der Waals surface area contributed by atoms with Gasteiger partial charge in [0, 0.05) is 6.42 Å². The van der Waals surface area contributed by atoms with Gasteiger partial charge in [-0.05, 0) is 66.2 Å². The number of hydrogen-bond acceptors (Lipinski definition) is 1. The van der Waals surface area contributed by atoms with Crippen molar-refractivity contribution in [1.29, 1.82) is 0 Å². The number of benzene rings is 1. The largest absolute Gasteiger partial charge is 0.388 e. The maximum atomic E-state index is 13.5. The lowest BCUT2D eigenvalue weighted by Crippen LogP contribution is -2.55. The van der Waals surface area contributed by atoms with E-state index in [4.69, 9.17) is 0 Å². The van der Waals surface area contributed by atoms with Crippen molar-refractivity contribution < 1.29 is 9.50 Å². The number of hydrogen-bond donors (Lipinski definition) is 1. The Hall–Kier alpha value is -0.890. The lowest BCUT2D eigenvalue weighted by molar-refractivity contribution is -0.142. The molecule has 2 saturated carbocycles. The maximum absolute atomic E-state index is 13.5. The summed E-state index contributed by atoms with van der Waals surface area (Å²) in [5.74, 6) is 0.381. The summed E-state index contributed by atoms with van der Waals surface area (Å²) in [6, 6.07) is 4.91. The molecule has 0 spiro atoms. The van der Waals surface area contributed by atoms with Crippen LogP contribution in [0.5, 0.6) is 0 Å². The van der Waals surface area contributed by atoms with E-state index in [1.807, 2.05) is 13.0 Å². The van der Waals surface area contributed by atoms with Crippen LogP contribution in [0.1, 0.15) is 51.2 Å². The van der Waals surface area contributed by atoms with Crippen LogP contribution in [-0.2, 0) is 6.42 Å². The van der Waals surface area contributed by atoms with Crippen LogP contribution in [0, 0.1) is 29.5 Å². The molecule has 0 saturated heterocycles. The quantitative estimate of drug-likeness (QED) is 0.856. The molecule has 0 aromatic heterocycles. The van der Waals surface area contributed by atoms with Crippen LogP contribution >= 0.6 is 0 Å². The Labute approximate surface area is 121 Å². The van der Waals surface area contributed by atoms with Crippen LogP contribution in [0.25, 0.3) is 0 Å². The van der Waals surface area contributed by atoms with E-state index in [1.165, 1.54) is 12.5 Å². The lowest BCUT2D eigenvalue weighted by Gasteiger charge is -2.51. The van der Waals surface area contributed by atoms with E-state index in [0.717, 1.165) is 24.0 Å². The van der Waals surface area contributed by atoms with E-state index < -0.39 is 5.60 Å². The van der Waals surface area contributed by atoms with E-state index in [1.54, 1.807) is 6.07 Å². The first-order valence-corrected chi connectivity index (χ1v) is 7.67. The zero-order valence-electron chi connectivity index (χ0n) is 13.0. The summed E-state index contributed by atoms with van der Waals surface area (Å²) < 4.78 is 13.5. The Morgan fingerprint density at radius 2 is 2.00 bits per heavy atom. The van der Waals surface area contributed by atoms with Gasteiger partial charge in [-0.25, -0.2) is 4.39 Å². The summed E-state index contributed by atoms with van der Waals surface area (Å²) in [6.45, 7) is 8.60. The van der Waals surface area contributed by atoms with Gasteiger partial charge in [-0.1, -0.05) is 26.8 Å². The molecule has 0 amide bonds. The molecule has 2 heteroatoms. The minimum Gasteiger partial charge on any atom is -0.388 e. The minimum atomic E-state index is -0.735. The van der Waals surface area contributed by atoms with Crippen molar-refractivity contribution >= 4 is 0 Å². The second-order valence-electron chi connectivity index (χ2n) is 7.83. The third kappa shape index (κ3) is 1.64. The first-order valence-electron chi connectivity index (χ1n) is 7.67. The first kappa shape index (κ1) is 14.1. The van der Waals surface area contributed by atoms with Gasteiger partial charge < -0.3 is 5.11 Å². The molecule has 0 aliphatic heterocycles. The fourth-order valence-corrected chi connectivity index (χ4v) is 4.90. The molecule has 20 heavy (non-hydrogen) atoms. The topological polar surface area (TPSA) is 20.2 Å². The summed E-state index contributed by atoms with van der Waals surface area (Å²) in [5, 5.41) is 11.5. The average Bonchev–Trinajstić information content (AvgIpc) is 2.82. The number of fused-ring (bicyclic) bond motifs is 2. The van der Waals surface area contributed by atoms with Crippen LogP contribution in [-0.4, -0.2) is 10.7 Å². The molecule has 1 N–H and O–H groups in total. The Morgan fingerprint density at radius 1 is 1.30 bits per heavy atom. The molecule has 2 fully saturated rings. The monoisotopic (exact) mass is 276 g/mol. The van der Waals surface area contributed by atoms with Crippen LogP contribution in [0.15, 0.2) is 18.2 Å². The maximum Gasteiger partial charge on any atom is 0.123 e. The number of rotatable bonds is 2. The molecule has 2 bridgehead atoms. The Morgan fingerprint density at radius 3 is 2.60 bits per heavy atom. The molecular weight excluding hydrogens is 251 g/mol. The molecule has 3 atom stereocenters. The van der Waals surface area contributed by atoms with E-state index >= 15 is 0 Å². The van der Waals surface area contributed by atoms with Gasteiger partial charge in [0.2, 0.25) is 0 Å². The molecule has 0 heterocycles. The Bertz CT molecular complexity index is 544. The minimum absolute atomic E-state index is 0.0279. The van der Waals surface area contributed by atoms with E-state index in [9.17, 15) is 9.50 Å². The van der Waals surface area contributed by atoms with E-state index in [-0.39, 0.29) is 16.6 Å². The van der Waals surface area contributed by atoms with Gasteiger partial charge in [-0.2, -0.15) is 0 Å². The fraction of sp³-hybridized carbons (Fsp3) is 0.667. The summed E-state index contributed by atoms with van der Waals surface area (Å²) in [7, 11) is 0. The summed E-state index contributed by atoms with van der Waals surface area (Å²) >= 11 is 0. The van der Waals surface area contributed by atoms with Gasteiger partial charge in [0.1, 0.15) is 5.82 Å². The van der Waals surface area contributed by atoms with Crippen molar-refractivity contribution in [3.05, 3.63) is 35.1 Å². The molecule has 3 unspecified atom stereocenters. The predicted octanol–water partition coefficient (Wildman–Crippen LogP) is 4.25. The molecule has 1 nitrogen and oxygen atoms in total. The van der Waals surface area contributed by atoms with Gasteiger partial charge >= 0.3 is 0 Å². The standard InChI is InChI=1S/C18H25FO/c1-12-5-6-15(19)9-13(12)10-18(20)16(2,3)14-7-8-17(18,4)11-14/h5-6,9,14,20H,7-8,10-11H2,1-4H3. The van der Waals surface area contributed by atoms with Gasteiger partial charge in [0.05, 0.1) is 5.60 Å². The second kappa shape index (κ2) is 4.07. The highest BCUT2D eigenvalue weighted by atomic mass is 19.1. The van der Waals surface area contributed by atoms with Gasteiger partial charge in [0.15, 0.2) is 0 Å². The molecule has 1 aromatic carbocycles. The van der Waals surface area contributed by atoms with Crippen molar-refractivity contribution in [2.24, 2.45) is 16.7 Å². The first-order chi connectivity index (χ1) is 9.20. The van der Waals surface area contributed by atoms with Crippen LogP contribution in [0.4, 0.5) is 4.39 Å². The molecular formula is C18H25FO. The average molecular weight is 276 g/mol. The summed E-state index contributed by atoms with van der Waals surface area (Å²) in [6.07, 6.45) is 3.97. The van der Waals surface area contributed by atoms with Crippen LogP contribution in [0.3, 0.4) is 0 Å². The Kier molecular flexibility index (Phi) is 2.86. The number of aryl methyl sites for hydroxylation is 1. The zero-order chi connectivity index (χ0) is 14.8. The van der Waals surface area contributed by atoms with Crippen molar-refractivity contribution in [3.8, 4) is 0 Å². The highest BCUT2D eigenvalue weighted by Gasteiger charge is 2.68. The number of halogens is 1. The van der Waals surface area contributed by atoms with Gasteiger partial charge in [0.25, 0.3) is 0 Å². The van der Waals surface area contributed by atoms with Crippen molar-refractivity contribution in [2.75, 3.05) is 0 Å².